The van der Waals surface area contributed by atoms with Gasteiger partial charge in [0, 0.05) is 25.2 Å². The van der Waals surface area contributed by atoms with Gasteiger partial charge in [0.25, 0.3) is 0 Å². The van der Waals surface area contributed by atoms with Crippen LogP contribution in [0.4, 0.5) is 0 Å². The highest BCUT2D eigenvalue weighted by atomic mass is 16.5. The highest BCUT2D eigenvalue weighted by Gasteiger charge is 2.04. The Hall–Kier alpha value is -2.47. The number of carboxylic acids is 1. The normalized spacial score (nSPS) is 11.1. The lowest BCUT2D eigenvalue weighted by Gasteiger charge is -2.07. The van der Waals surface area contributed by atoms with Gasteiger partial charge in [0.2, 0.25) is 0 Å². The van der Waals surface area contributed by atoms with Crippen molar-refractivity contribution in [1.29, 1.82) is 0 Å². The van der Waals surface area contributed by atoms with Crippen molar-refractivity contribution < 1.29 is 19.4 Å². The van der Waals surface area contributed by atoms with Crippen molar-refractivity contribution in [1.82, 2.24) is 9.97 Å². The van der Waals surface area contributed by atoms with Gasteiger partial charge < -0.3 is 14.6 Å². The van der Waals surface area contributed by atoms with Crippen molar-refractivity contribution in [2.75, 3.05) is 19.8 Å². The molecule has 0 fully saturated rings. The summed E-state index contributed by atoms with van der Waals surface area (Å²) < 4.78 is 11.5. The Labute approximate surface area is 230 Å². The second-order valence-electron chi connectivity index (χ2n) is 10.2. The SMILES string of the molecule is CCCCCCOCCCCOc1cnc(-c2ccc(CCCCCCCCCCCC(=O)O)cc2)nc1. The number of benzene rings is 1. The van der Waals surface area contributed by atoms with Crippen LogP contribution < -0.4 is 4.74 Å². The highest BCUT2D eigenvalue weighted by molar-refractivity contribution is 5.66. The average Bonchev–Trinajstić information content (AvgIpc) is 2.93. The van der Waals surface area contributed by atoms with Crippen LogP contribution in [0.3, 0.4) is 0 Å². The van der Waals surface area contributed by atoms with Gasteiger partial charge in [-0.2, -0.15) is 0 Å². The number of aliphatic carboxylic acids is 1. The van der Waals surface area contributed by atoms with E-state index < -0.39 is 5.97 Å². The Bertz CT molecular complexity index is 840. The van der Waals surface area contributed by atoms with Crippen molar-refractivity contribution >= 4 is 5.97 Å². The number of aryl methyl sites for hydroxylation is 1. The third-order valence-corrected chi connectivity index (χ3v) is 6.79. The zero-order valence-corrected chi connectivity index (χ0v) is 23.7. The van der Waals surface area contributed by atoms with Gasteiger partial charge in [0.1, 0.15) is 0 Å². The quantitative estimate of drug-likeness (QED) is 0.138. The van der Waals surface area contributed by atoms with E-state index in [9.17, 15) is 4.79 Å². The first-order chi connectivity index (χ1) is 18.7. The standard InChI is InChI=1S/C32H50N2O4/c1-2-3-4-14-23-37-24-15-16-25-38-30-26-33-32(34-27-30)29-21-19-28(20-22-29)17-12-10-8-6-5-7-9-11-13-18-31(35)36/h19-22,26-27H,2-18,23-25H2,1H3,(H,35,36). The summed E-state index contributed by atoms with van der Waals surface area (Å²) in [6.07, 6.45) is 22.5. The number of hydrogen-bond donors (Lipinski definition) is 1. The number of hydrogen-bond acceptors (Lipinski definition) is 5. The average molecular weight is 527 g/mol. The van der Waals surface area contributed by atoms with Crippen LogP contribution in [0.2, 0.25) is 0 Å². The summed E-state index contributed by atoms with van der Waals surface area (Å²) in [5.74, 6) is 0.760. The van der Waals surface area contributed by atoms with Gasteiger partial charge in [-0.15, -0.1) is 0 Å². The Morgan fingerprint density at radius 1 is 0.711 bits per heavy atom. The van der Waals surface area contributed by atoms with Crippen molar-refractivity contribution in [3.8, 4) is 17.1 Å². The number of ether oxygens (including phenoxy) is 2. The lowest BCUT2D eigenvalue weighted by molar-refractivity contribution is -0.137. The number of nitrogens with zero attached hydrogens (tertiary/aromatic N) is 2. The largest absolute Gasteiger partial charge is 0.490 e. The summed E-state index contributed by atoms with van der Waals surface area (Å²) in [5.41, 5.74) is 2.39. The Morgan fingerprint density at radius 2 is 1.26 bits per heavy atom. The van der Waals surface area contributed by atoms with Gasteiger partial charge in [-0.3, -0.25) is 4.79 Å². The summed E-state index contributed by atoms with van der Waals surface area (Å²) in [6, 6.07) is 8.59. The monoisotopic (exact) mass is 526 g/mol. The molecule has 1 N–H and O–H groups in total. The van der Waals surface area contributed by atoms with E-state index in [1.165, 1.54) is 69.8 Å². The van der Waals surface area contributed by atoms with Gasteiger partial charge in [-0.05, 0) is 44.1 Å². The van der Waals surface area contributed by atoms with Crippen LogP contribution in [-0.4, -0.2) is 40.9 Å². The lowest BCUT2D eigenvalue weighted by Crippen LogP contribution is -2.02. The molecule has 0 aliphatic heterocycles. The lowest BCUT2D eigenvalue weighted by atomic mass is 10.0. The minimum absolute atomic E-state index is 0.311. The smallest absolute Gasteiger partial charge is 0.303 e. The second kappa shape index (κ2) is 21.5. The van der Waals surface area contributed by atoms with E-state index in [2.05, 4.69) is 41.2 Å². The molecule has 0 spiro atoms. The summed E-state index contributed by atoms with van der Waals surface area (Å²) >= 11 is 0. The van der Waals surface area contributed by atoms with Crippen LogP contribution in [0.25, 0.3) is 11.4 Å². The molecule has 1 aromatic carbocycles. The molecule has 0 bridgehead atoms. The molecule has 2 aromatic rings. The minimum atomic E-state index is -0.677. The summed E-state index contributed by atoms with van der Waals surface area (Å²) in [4.78, 5) is 19.5. The van der Waals surface area contributed by atoms with Gasteiger partial charge in [-0.1, -0.05) is 95.4 Å². The van der Waals surface area contributed by atoms with E-state index in [0.29, 0.717) is 18.8 Å². The molecule has 1 heterocycles. The molecule has 0 aliphatic carbocycles. The topological polar surface area (TPSA) is 81.5 Å². The van der Waals surface area contributed by atoms with E-state index in [4.69, 9.17) is 14.6 Å². The minimum Gasteiger partial charge on any atom is -0.490 e. The Kier molecular flexibility index (Phi) is 17.9. The van der Waals surface area contributed by atoms with Gasteiger partial charge in [0.15, 0.2) is 11.6 Å². The maximum absolute atomic E-state index is 10.5. The maximum atomic E-state index is 10.5. The fourth-order valence-corrected chi connectivity index (χ4v) is 4.43. The summed E-state index contributed by atoms with van der Waals surface area (Å²) in [7, 11) is 0. The molecule has 0 saturated heterocycles. The van der Waals surface area contributed by atoms with Gasteiger partial charge in [-0.25, -0.2) is 9.97 Å². The van der Waals surface area contributed by atoms with Crippen LogP contribution in [-0.2, 0) is 16.0 Å². The zero-order valence-electron chi connectivity index (χ0n) is 23.7. The molecule has 212 valence electrons. The predicted octanol–water partition coefficient (Wildman–Crippen LogP) is 8.43. The molecule has 6 heteroatoms. The number of aromatic nitrogens is 2. The molecule has 2 rings (SSSR count). The first-order valence-electron chi connectivity index (χ1n) is 15.0. The van der Waals surface area contributed by atoms with Gasteiger partial charge in [0.05, 0.1) is 19.0 Å². The van der Waals surface area contributed by atoms with Crippen LogP contribution in [0.15, 0.2) is 36.7 Å². The van der Waals surface area contributed by atoms with Crippen molar-refractivity contribution in [3.63, 3.8) is 0 Å². The predicted molar refractivity (Wildman–Crippen MR) is 155 cm³/mol. The van der Waals surface area contributed by atoms with Crippen molar-refractivity contribution in [2.45, 2.75) is 116 Å². The molecule has 0 unspecified atom stereocenters. The van der Waals surface area contributed by atoms with Crippen LogP contribution in [0.5, 0.6) is 5.75 Å². The van der Waals surface area contributed by atoms with Gasteiger partial charge >= 0.3 is 5.97 Å². The molecule has 0 aliphatic rings. The van der Waals surface area contributed by atoms with E-state index in [-0.39, 0.29) is 0 Å². The Morgan fingerprint density at radius 3 is 1.89 bits per heavy atom. The van der Waals surface area contributed by atoms with Crippen LogP contribution in [0.1, 0.15) is 115 Å². The van der Waals surface area contributed by atoms with E-state index >= 15 is 0 Å². The maximum Gasteiger partial charge on any atom is 0.303 e. The molecular weight excluding hydrogens is 476 g/mol. The highest BCUT2D eigenvalue weighted by Crippen LogP contribution is 2.19. The van der Waals surface area contributed by atoms with E-state index in [1.54, 1.807) is 12.4 Å². The number of carboxylic acid groups (broad SMARTS) is 1. The van der Waals surface area contributed by atoms with Crippen LogP contribution in [0, 0.1) is 0 Å². The number of rotatable bonds is 24. The fourth-order valence-electron chi connectivity index (χ4n) is 4.43. The van der Waals surface area contributed by atoms with Crippen LogP contribution >= 0.6 is 0 Å². The molecular formula is C32H50N2O4. The Balaban J connectivity index is 1.51. The third kappa shape index (κ3) is 15.7. The molecule has 0 amide bonds. The molecule has 0 radical (unpaired) electrons. The van der Waals surface area contributed by atoms with Crippen molar-refractivity contribution in [2.24, 2.45) is 0 Å². The molecule has 38 heavy (non-hydrogen) atoms. The second-order valence-corrected chi connectivity index (χ2v) is 10.2. The van der Waals surface area contributed by atoms with E-state index in [0.717, 1.165) is 63.1 Å². The van der Waals surface area contributed by atoms with E-state index in [1.807, 2.05) is 0 Å². The summed E-state index contributed by atoms with van der Waals surface area (Å²) in [6.45, 7) is 4.56. The molecule has 1 aromatic heterocycles. The first kappa shape index (κ1) is 31.7. The zero-order chi connectivity index (χ0) is 27.1. The number of carbonyl (C=O) groups is 1. The first-order valence-corrected chi connectivity index (χ1v) is 15.0. The molecule has 6 nitrogen and oxygen atoms in total. The van der Waals surface area contributed by atoms with Crippen molar-refractivity contribution in [3.05, 3.63) is 42.2 Å². The fraction of sp³-hybridized carbons (Fsp3) is 0.656. The molecule has 0 atom stereocenters. The third-order valence-electron chi connectivity index (χ3n) is 6.79. The summed E-state index contributed by atoms with van der Waals surface area (Å²) in [5, 5.41) is 8.65. The number of unbranched alkanes of at least 4 members (excludes halogenated alkanes) is 12. The molecule has 0 saturated carbocycles.